The molecule has 0 aliphatic heterocycles. The average molecular weight is 165 g/mol. The van der Waals surface area contributed by atoms with Gasteiger partial charge in [-0.05, 0) is 0 Å². The molecule has 0 saturated heterocycles. The lowest BCUT2D eigenvalue weighted by atomic mass is 10.5. The van der Waals surface area contributed by atoms with Gasteiger partial charge in [0.25, 0.3) is 6.43 Å². The molecular weight excluding hydrogens is 159 g/mol. The maximum Gasteiger partial charge on any atom is 0.287 e. The Morgan fingerprint density at radius 2 is 2.18 bits per heavy atom. The van der Waals surface area contributed by atoms with Crippen molar-refractivity contribution >= 4 is 5.69 Å². The number of nitrogens with zero attached hydrogens (tertiary/aromatic N) is 1. The first-order valence-corrected chi connectivity index (χ1v) is 2.87. The van der Waals surface area contributed by atoms with E-state index in [1.807, 2.05) is 5.32 Å². The van der Waals surface area contributed by atoms with Gasteiger partial charge in [0.2, 0.25) is 6.30 Å². The Morgan fingerprint density at radius 1 is 1.45 bits per heavy atom. The van der Waals surface area contributed by atoms with Crippen molar-refractivity contribution in [2.24, 2.45) is 0 Å². The zero-order chi connectivity index (χ0) is 8.27. The van der Waals surface area contributed by atoms with E-state index in [-0.39, 0.29) is 5.69 Å². The van der Waals surface area contributed by atoms with Crippen LogP contribution in [0.5, 0.6) is 0 Å². The molecule has 1 atom stereocenters. The van der Waals surface area contributed by atoms with Gasteiger partial charge in [0.1, 0.15) is 0 Å². The molecule has 0 radical (unpaired) electrons. The summed E-state index contributed by atoms with van der Waals surface area (Å²) in [5.41, 5.74) is 0.206. The third-order valence-corrected chi connectivity index (χ3v) is 1.02. The van der Waals surface area contributed by atoms with Crippen molar-refractivity contribution < 1.29 is 13.2 Å². The lowest BCUT2D eigenvalue weighted by molar-refractivity contribution is 0.0651. The summed E-state index contributed by atoms with van der Waals surface area (Å²) in [6.45, 7) is 0. The highest BCUT2D eigenvalue weighted by molar-refractivity contribution is 5.37. The molecule has 0 amide bonds. The van der Waals surface area contributed by atoms with Gasteiger partial charge < -0.3 is 5.32 Å². The van der Waals surface area contributed by atoms with Crippen LogP contribution in [-0.4, -0.2) is 22.9 Å². The molecule has 0 aromatic carbocycles. The number of anilines is 1. The van der Waals surface area contributed by atoms with Gasteiger partial charge in [-0.25, -0.2) is 13.2 Å². The minimum atomic E-state index is -3.02. The van der Waals surface area contributed by atoms with Crippen LogP contribution in [0.1, 0.15) is 0 Å². The number of hydrogen-bond acceptors (Lipinski definition) is 2. The molecule has 0 spiro atoms. The summed E-state index contributed by atoms with van der Waals surface area (Å²) in [5, 5.41) is 7.70. The zero-order valence-corrected chi connectivity index (χ0v) is 5.39. The number of H-pyrrole nitrogens is 1. The minimum Gasteiger partial charge on any atom is -0.349 e. The number of nitrogens with one attached hydrogen (secondary N) is 2. The maximum absolute atomic E-state index is 12.2. The molecule has 1 aromatic heterocycles. The van der Waals surface area contributed by atoms with Gasteiger partial charge in [0, 0.05) is 6.20 Å². The molecule has 3 nitrogen and oxygen atoms in total. The number of rotatable bonds is 3. The minimum absolute atomic E-state index is 0.206. The summed E-state index contributed by atoms with van der Waals surface area (Å²) in [6.07, 6.45) is -2.86. The standard InChI is InChI=1S/C5H6F3N3/c6-4(7)5(8)11-3-1-9-10-2-3/h1-2,4-5,11H,(H,9,10). The van der Waals surface area contributed by atoms with Crippen molar-refractivity contribution in [3.8, 4) is 0 Å². The van der Waals surface area contributed by atoms with E-state index in [4.69, 9.17) is 0 Å². The summed E-state index contributed by atoms with van der Waals surface area (Å²) < 4.78 is 35.3. The van der Waals surface area contributed by atoms with E-state index in [0.717, 1.165) is 0 Å². The number of aromatic nitrogens is 2. The van der Waals surface area contributed by atoms with E-state index >= 15 is 0 Å². The third-order valence-electron chi connectivity index (χ3n) is 1.02. The van der Waals surface area contributed by atoms with Crippen LogP contribution in [0.15, 0.2) is 12.4 Å². The van der Waals surface area contributed by atoms with Gasteiger partial charge in [-0.1, -0.05) is 0 Å². The van der Waals surface area contributed by atoms with Crippen LogP contribution in [0.3, 0.4) is 0 Å². The van der Waals surface area contributed by atoms with Crippen LogP contribution in [0.4, 0.5) is 18.9 Å². The monoisotopic (exact) mass is 165 g/mol. The Kier molecular flexibility index (Phi) is 2.35. The van der Waals surface area contributed by atoms with E-state index in [1.165, 1.54) is 12.4 Å². The molecule has 62 valence electrons. The lowest BCUT2D eigenvalue weighted by Gasteiger charge is -2.07. The second-order valence-electron chi connectivity index (χ2n) is 1.87. The average Bonchev–Trinajstić information content (AvgIpc) is 2.39. The molecule has 6 heteroatoms. The van der Waals surface area contributed by atoms with Crippen LogP contribution in [0.2, 0.25) is 0 Å². The predicted octanol–water partition coefficient (Wildman–Crippen LogP) is 1.38. The molecule has 0 bridgehead atoms. The fourth-order valence-electron chi connectivity index (χ4n) is 0.552. The van der Waals surface area contributed by atoms with Gasteiger partial charge in [-0.15, -0.1) is 0 Å². The Morgan fingerprint density at radius 3 is 2.64 bits per heavy atom. The summed E-state index contributed by atoms with van der Waals surface area (Å²) in [5.74, 6) is 0. The van der Waals surface area contributed by atoms with E-state index in [2.05, 4.69) is 10.2 Å². The molecule has 1 heterocycles. The van der Waals surface area contributed by atoms with Crippen LogP contribution in [-0.2, 0) is 0 Å². The number of halogens is 3. The highest BCUT2D eigenvalue weighted by atomic mass is 19.3. The van der Waals surface area contributed by atoms with Crippen molar-refractivity contribution in [1.29, 1.82) is 0 Å². The number of aromatic amines is 1. The second-order valence-corrected chi connectivity index (χ2v) is 1.87. The fraction of sp³-hybridized carbons (Fsp3) is 0.400. The van der Waals surface area contributed by atoms with Gasteiger partial charge in [-0.2, -0.15) is 5.10 Å². The molecular formula is C5H6F3N3. The summed E-state index contributed by atoms with van der Waals surface area (Å²) in [4.78, 5) is 0. The van der Waals surface area contributed by atoms with Gasteiger partial charge in [0.05, 0.1) is 11.9 Å². The summed E-state index contributed by atoms with van der Waals surface area (Å²) in [6, 6.07) is 0. The Hall–Kier alpha value is -1.20. The molecule has 1 aromatic rings. The highest BCUT2D eigenvalue weighted by Crippen LogP contribution is 2.10. The van der Waals surface area contributed by atoms with Crippen molar-refractivity contribution in [3.63, 3.8) is 0 Å². The fourth-order valence-corrected chi connectivity index (χ4v) is 0.552. The van der Waals surface area contributed by atoms with Crippen LogP contribution in [0, 0.1) is 0 Å². The zero-order valence-electron chi connectivity index (χ0n) is 5.39. The third kappa shape index (κ3) is 2.14. The van der Waals surface area contributed by atoms with E-state index in [0.29, 0.717) is 0 Å². The van der Waals surface area contributed by atoms with Gasteiger partial charge in [-0.3, -0.25) is 5.10 Å². The molecule has 1 unspecified atom stereocenters. The Balaban J connectivity index is 2.43. The second kappa shape index (κ2) is 3.27. The van der Waals surface area contributed by atoms with Crippen molar-refractivity contribution in [2.45, 2.75) is 12.7 Å². The summed E-state index contributed by atoms with van der Waals surface area (Å²) in [7, 11) is 0. The van der Waals surface area contributed by atoms with Gasteiger partial charge >= 0.3 is 0 Å². The van der Waals surface area contributed by atoms with E-state index in [9.17, 15) is 13.2 Å². The van der Waals surface area contributed by atoms with Crippen molar-refractivity contribution in [1.82, 2.24) is 10.2 Å². The molecule has 2 N–H and O–H groups in total. The lowest BCUT2D eigenvalue weighted by Crippen LogP contribution is -2.21. The van der Waals surface area contributed by atoms with Gasteiger partial charge in [0.15, 0.2) is 0 Å². The normalized spacial score (nSPS) is 13.5. The van der Waals surface area contributed by atoms with Crippen LogP contribution >= 0.6 is 0 Å². The first-order valence-electron chi connectivity index (χ1n) is 2.87. The Labute approximate surface area is 60.6 Å². The maximum atomic E-state index is 12.2. The first kappa shape index (κ1) is 7.90. The smallest absolute Gasteiger partial charge is 0.287 e. The van der Waals surface area contributed by atoms with Crippen molar-refractivity contribution in [3.05, 3.63) is 12.4 Å². The first-order chi connectivity index (χ1) is 5.20. The molecule has 0 saturated carbocycles. The molecule has 0 fully saturated rings. The van der Waals surface area contributed by atoms with Crippen molar-refractivity contribution in [2.75, 3.05) is 5.32 Å². The highest BCUT2D eigenvalue weighted by Gasteiger charge is 2.18. The molecule has 0 aliphatic rings. The van der Waals surface area contributed by atoms with E-state index in [1.54, 1.807) is 0 Å². The van der Waals surface area contributed by atoms with Crippen LogP contribution in [0.25, 0.3) is 0 Å². The molecule has 11 heavy (non-hydrogen) atoms. The molecule has 0 aliphatic carbocycles. The largest absolute Gasteiger partial charge is 0.349 e. The summed E-state index contributed by atoms with van der Waals surface area (Å²) >= 11 is 0. The number of hydrogen-bond donors (Lipinski definition) is 2. The van der Waals surface area contributed by atoms with Crippen LogP contribution < -0.4 is 5.32 Å². The topological polar surface area (TPSA) is 40.7 Å². The Bertz CT molecular complexity index is 199. The molecule has 1 rings (SSSR count). The predicted molar refractivity (Wildman–Crippen MR) is 33.1 cm³/mol. The quantitative estimate of drug-likeness (QED) is 0.664. The van der Waals surface area contributed by atoms with E-state index < -0.39 is 12.7 Å². The SMILES string of the molecule is FC(F)C(F)Nc1cn[nH]c1. The number of alkyl halides is 3.